The minimum absolute atomic E-state index is 0.0860. The van der Waals surface area contributed by atoms with Crippen molar-refractivity contribution >= 4 is 5.82 Å². The number of hydrogen-bond acceptors (Lipinski definition) is 2. The second-order valence-corrected chi connectivity index (χ2v) is 4.77. The maximum atomic E-state index is 13.9. The van der Waals surface area contributed by atoms with Gasteiger partial charge in [0.25, 0.3) is 0 Å². The molecule has 2 aromatic rings. The number of imidazole rings is 1. The zero-order valence-electron chi connectivity index (χ0n) is 11.3. The second kappa shape index (κ2) is 5.33. The highest BCUT2D eigenvalue weighted by atomic mass is 19.1. The van der Waals surface area contributed by atoms with Gasteiger partial charge >= 0.3 is 0 Å². The van der Waals surface area contributed by atoms with Gasteiger partial charge in [-0.3, -0.25) is 0 Å². The smallest absolute Gasteiger partial charge is 0.135 e. The molecule has 104 valence electrons. The summed E-state index contributed by atoms with van der Waals surface area (Å²) in [5.74, 6) is 2.21. The summed E-state index contributed by atoms with van der Waals surface area (Å²) in [7, 11) is 0. The van der Waals surface area contributed by atoms with E-state index in [1.807, 2.05) is 13.8 Å². The maximum absolute atomic E-state index is 13.9. The molecule has 0 radical (unpaired) electrons. The fourth-order valence-corrected chi connectivity index (χ4v) is 2.06. The third kappa shape index (κ3) is 2.37. The summed E-state index contributed by atoms with van der Waals surface area (Å²) in [6, 6.07) is 3.31. The highest BCUT2D eigenvalue weighted by Gasteiger charge is 2.20. The van der Waals surface area contributed by atoms with Crippen molar-refractivity contribution in [3.05, 3.63) is 35.7 Å². The molecule has 0 aliphatic carbocycles. The molecule has 0 saturated carbocycles. The first-order chi connectivity index (χ1) is 9.45. The SMILES string of the molecule is C#CCn1c(C(C)C)nc(-c2ccc(F)cc2F)c1N. The Bertz CT molecular complexity index is 681. The first kappa shape index (κ1) is 14.1. The Morgan fingerprint density at radius 1 is 1.40 bits per heavy atom. The summed E-state index contributed by atoms with van der Waals surface area (Å²) in [6.07, 6.45) is 5.32. The Morgan fingerprint density at radius 3 is 2.65 bits per heavy atom. The third-order valence-electron chi connectivity index (χ3n) is 2.99. The summed E-state index contributed by atoms with van der Waals surface area (Å²) in [6.45, 7) is 4.15. The van der Waals surface area contributed by atoms with Crippen molar-refractivity contribution in [3.63, 3.8) is 0 Å². The van der Waals surface area contributed by atoms with E-state index in [0.717, 1.165) is 6.07 Å². The molecule has 0 bridgehead atoms. The minimum Gasteiger partial charge on any atom is -0.383 e. The molecule has 0 aliphatic heterocycles. The number of rotatable bonds is 3. The monoisotopic (exact) mass is 275 g/mol. The number of terminal acetylenes is 1. The van der Waals surface area contributed by atoms with E-state index in [1.54, 1.807) is 4.57 Å². The Kier molecular flexibility index (Phi) is 3.75. The maximum Gasteiger partial charge on any atom is 0.135 e. The summed E-state index contributed by atoms with van der Waals surface area (Å²) < 4.78 is 28.5. The van der Waals surface area contributed by atoms with Crippen molar-refractivity contribution < 1.29 is 8.78 Å². The van der Waals surface area contributed by atoms with E-state index in [4.69, 9.17) is 12.2 Å². The van der Waals surface area contributed by atoms with E-state index >= 15 is 0 Å². The zero-order chi connectivity index (χ0) is 14.9. The van der Waals surface area contributed by atoms with Gasteiger partial charge in [0.05, 0.1) is 6.54 Å². The van der Waals surface area contributed by atoms with Crippen LogP contribution in [0.25, 0.3) is 11.3 Å². The molecular formula is C15H15F2N3. The normalized spacial score (nSPS) is 10.8. The molecular weight excluding hydrogens is 260 g/mol. The average Bonchev–Trinajstić information content (AvgIpc) is 2.68. The van der Waals surface area contributed by atoms with Crippen molar-refractivity contribution in [3.8, 4) is 23.6 Å². The van der Waals surface area contributed by atoms with Crippen LogP contribution in [-0.2, 0) is 6.54 Å². The molecule has 2 N–H and O–H groups in total. The van der Waals surface area contributed by atoms with Crippen LogP contribution in [0.1, 0.15) is 25.6 Å². The van der Waals surface area contributed by atoms with E-state index in [1.165, 1.54) is 12.1 Å². The van der Waals surface area contributed by atoms with Gasteiger partial charge in [-0.25, -0.2) is 13.8 Å². The van der Waals surface area contributed by atoms with Crippen molar-refractivity contribution in [2.24, 2.45) is 0 Å². The fraction of sp³-hybridized carbons (Fsp3) is 0.267. The van der Waals surface area contributed by atoms with E-state index in [-0.39, 0.29) is 23.8 Å². The fourth-order valence-electron chi connectivity index (χ4n) is 2.06. The van der Waals surface area contributed by atoms with Gasteiger partial charge in [-0.1, -0.05) is 19.8 Å². The molecule has 0 spiro atoms. The number of benzene rings is 1. The van der Waals surface area contributed by atoms with Crippen LogP contribution in [0.2, 0.25) is 0 Å². The molecule has 20 heavy (non-hydrogen) atoms. The van der Waals surface area contributed by atoms with E-state index < -0.39 is 11.6 Å². The zero-order valence-corrected chi connectivity index (χ0v) is 11.3. The predicted molar refractivity (Wildman–Crippen MR) is 74.9 cm³/mol. The molecule has 0 saturated heterocycles. The lowest BCUT2D eigenvalue weighted by Crippen LogP contribution is -2.07. The largest absolute Gasteiger partial charge is 0.383 e. The van der Waals surface area contributed by atoms with Crippen molar-refractivity contribution in [1.29, 1.82) is 0 Å². The molecule has 0 amide bonds. The van der Waals surface area contributed by atoms with Crippen LogP contribution in [0.15, 0.2) is 18.2 Å². The number of aromatic nitrogens is 2. The minimum atomic E-state index is -0.697. The lowest BCUT2D eigenvalue weighted by Gasteiger charge is -2.08. The average molecular weight is 275 g/mol. The lowest BCUT2D eigenvalue weighted by molar-refractivity contribution is 0.585. The molecule has 0 fully saturated rings. The summed E-state index contributed by atoms with van der Waals surface area (Å²) in [5, 5.41) is 0. The van der Waals surface area contributed by atoms with Crippen molar-refractivity contribution in [1.82, 2.24) is 9.55 Å². The van der Waals surface area contributed by atoms with Crippen molar-refractivity contribution in [2.75, 3.05) is 5.73 Å². The van der Waals surface area contributed by atoms with Crippen molar-refractivity contribution in [2.45, 2.75) is 26.3 Å². The summed E-state index contributed by atoms with van der Waals surface area (Å²) in [5.41, 5.74) is 6.47. The predicted octanol–water partition coefficient (Wildman–Crippen LogP) is 3.17. The Labute approximate surface area is 116 Å². The summed E-state index contributed by atoms with van der Waals surface area (Å²) >= 11 is 0. The molecule has 5 heteroatoms. The van der Waals surface area contributed by atoms with E-state index in [9.17, 15) is 8.78 Å². The topological polar surface area (TPSA) is 43.8 Å². The van der Waals surface area contributed by atoms with Gasteiger partial charge in [-0.2, -0.15) is 0 Å². The lowest BCUT2D eigenvalue weighted by atomic mass is 10.1. The van der Waals surface area contributed by atoms with E-state index in [2.05, 4.69) is 10.9 Å². The van der Waals surface area contributed by atoms with Crippen LogP contribution < -0.4 is 5.73 Å². The highest BCUT2D eigenvalue weighted by molar-refractivity contribution is 5.71. The number of anilines is 1. The van der Waals surface area contributed by atoms with Gasteiger partial charge in [0.2, 0.25) is 0 Å². The van der Waals surface area contributed by atoms with Gasteiger partial charge < -0.3 is 10.3 Å². The van der Waals surface area contributed by atoms with Crippen LogP contribution >= 0.6 is 0 Å². The Morgan fingerprint density at radius 2 is 2.10 bits per heavy atom. The number of nitrogen functional groups attached to an aromatic ring is 1. The molecule has 1 aromatic heterocycles. The van der Waals surface area contributed by atoms with Gasteiger partial charge in [-0.15, -0.1) is 6.42 Å². The second-order valence-electron chi connectivity index (χ2n) is 4.77. The third-order valence-corrected chi connectivity index (χ3v) is 2.99. The molecule has 0 unspecified atom stereocenters. The molecule has 1 heterocycles. The standard InChI is InChI=1S/C15H15F2N3/c1-4-7-20-14(18)13(19-15(20)9(2)3)11-6-5-10(16)8-12(11)17/h1,5-6,8-9H,7,18H2,2-3H3. The number of hydrogen-bond donors (Lipinski definition) is 1. The molecule has 0 atom stereocenters. The van der Waals surface area contributed by atoms with Crippen LogP contribution in [0, 0.1) is 24.0 Å². The number of halogens is 2. The van der Waals surface area contributed by atoms with Crippen LogP contribution in [0.5, 0.6) is 0 Å². The highest BCUT2D eigenvalue weighted by Crippen LogP contribution is 2.31. The number of nitrogens with zero attached hydrogens (tertiary/aromatic N) is 2. The van der Waals surface area contributed by atoms with Crippen LogP contribution in [-0.4, -0.2) is 9.55 Å². The summed E-state index contributed by atoms with van der Waals surface area (Å²) in [4.78, 5) is 4.37. The van der Waals surface area contributed by atoms with Gasteiger partial charge in [0.15, 0.2) is 0 Å². The Balaban J connectivity index is 2.63. The number of nitrogens with two attached hydrogens (primary N) is 1. The molecule has 0 aliphatic rings. The van der Waals surface area contributed by atoms with Crippen LogP contribution in [0.4, 0.5) is 14.6 Å². The molecule has 3 nitrogen and oxygen atoms in total. The Hall–Kier alpha value is -2.35. The molecule has 2 rings (SSSR count). The van der Waals surface area contributed by atoms with Crippen LogP contribution in [0.3, 0.4) is 0 Å². The van der Waals surface area contributed by atoms with Gasteiger partial charge in [0, 0.05) is 17.5 Å². The first-order valence-corrected chi connectivity index (χ1v) is 6.20. The van der Waals surface area contributed by atoms with Gasteiger partial charge in [-0.05, 0) is 12.1 Å². The molecule has 1 aromatic carbocycles. The van der Waals surface area contributed by atoms with E-state index in [0.29, 0.717) is 11.5 Å². The first-order valence-electron chi connectivity index (χ1n) is 6.20. The van der Waals surface area contributed by atoms with Gasteiger partial charge in [0.1, 0.15) is 29.0 Å². The quantitative estimate of drug-likeness (QED) is 0.874.